The Hall–Kier alpha value is -0.0200. The number of halogens is 4. The first-order valence-electron chi connectivity index (χ1n) is 3.33. The number of hydrogen-bond donors (Lipinski definition) is 2. The minimum Gasteiger partial charge on any atom is -0.376 e. The van der Waals surface area contributed by atoms with Crippen molar-refractivity contribution in [3.8, 4) is 0 Å². The van der Waals surface area contributed by atoms with E-state index in [9.17, 15) is 8.78 Å². The lowest BCUT2D eigenvalue weighted by Crippen LogP contribution is -2.20. The Labute approximate surface area is 107 Å². The van der Waals surface area contributed by atoms with Crippen LogP contribution in [0.1, 0.15) is 0 Å². The Morgan fingerprint density at radius 1 is 1.57 bits per heavy atom. The number of anilines is 1. The predicted molar refractivity (Wildman–Crippen MR) is 67.2 cm³/mol. The normalized spacial score (nSPS) is 10.0. The third kappa shape index (κ3) is 2.51. The fourth-order valence-corrected chi connectivity index (χ4v) is 2.15. The Kier molecular flexibility index (Phi) is 4.02. The van der Waals surface area contributed by atoms with Crippen LogP contribution in [-0.4, -0.2) is 5.11 Å². The van der Waals surface area contributed by atoms with Crippen molar-refractivity contribution in [1.82, 2.24) is 0 Å². The third-order valence-electron chi connectivity index (χ3n) is 1.36. The molecule has 0 aliphatic rings. The first-order chi connectivity index (χ1) is 6.43. The van der Waals surface area contributed by atoms with E-state index in [1.54, 1.807) is 22.6 Å². The van der Waals surface area contributed by atoms with Crippen LogP contribution in [0.2, 0.25) is 0 Å². The first-order valence-corrected chi connectivity index (χ1v) is 5.61. The van der Waals surface area contributed by atoms with Gasteiger partial charge in [-0.3, -0.25) is 0 Å². The summed E-state index contributed by atoms with van der Waals surface area (Å²) in [6.45, 7) is 0. The molecule has 0 amide bonds. The van der Waals surface area contributed by atoms with E-state index in [4.69, 9.17) is 5.73 Å². The molecule has 0 saturated heterocycles. The van der Waals surface area contributed by atoms with E-state index < -0.39 is 11.6 Å². The maximum Gasteiger partial charge on any atom is 0.168 e. The zero-order chi connectivity index (χ0) is 10.9. The SMILES string of the molecule is NC(=S)Nc1cc(F)c(Br)c(F)c1I. The van der Waals surface area contributed by atoms with E-state index in [1.807, 2.05) is 0 Å². The van der Waals surface area contributed by atoms with E-state index in [0.717, 1.165) is 6.07 Å². The topological polar surface area (TPSA) is 38.0 Å². The lowest BCUT2D eigenvalue weighted by Gasteiger charge is -2.08. The molecule has 0 saturated carbocycles. The average molecular weight is 393 g/mol. The number of nitrogens with two attached hydrogens (primary N) is 1. The molecular weight excluding hydrogens is 389 g/mol. The molecule has 0 radical (unpaired) electrons. The molecule has 14 heavy (non-hydrogen) atoms. The van der Waals surface area contributed by atoms with Gasteiger partial charge >= 0.3 is 0 Å². The Bertz CT molecular complexity index is 400. The van der Waals surface area contributed by atoms with Crippen molar-refractivity contribution in [1.29, 1.82) is 0 Å². The lowest BCUT2D eigenvalue weighted by atomic mass is 10.3. The highest BCUT2D eigenvalue weighted by atomic mass is 127. The maximum atomic E-state index is 13.3. The van der Waals surface area contributed by atoms with Crippen LogP contribution in [0, 0.1) is 15.2 Å². The van der Waals surface area contributed by atoms with Crippen LogP contribution in [0.25, 0.3) is 0 Å². The third-order valence-corrected chi connectivity index (χ3v) is 3.24. The summed E-state index contributed by atoms with van der Waals surface area (Å²) in [5.74, 6) is -1.38. The van der Waals surface area contributed by atoms with Gasteiger partial charge in [-0.2, -0.15) is 0 Å². The van der Waals surface area contributed by atoms with Gasteiger partial charge in [0.2, 0.25) is 0 Å². The highest BCUT2D eigenvalue weighted by molar-refractivity contribution is 14.1. The van der Waals surface area contributed by atoms with Gasteiger partial charge in [-0.1, -0.05) is 0 Å². The fraction of sp³-hybridized carbons (Fsp3) is 0. The molecule has 0 fully saturated rings. The largest absolute Gasteiger partial charge is 0.376 e. The second-order valence-electron chi connectivity index (χ2n) is 2.34. The fourth-order valence-electron chi connectivity index (χ4n) is 0.797. The second-order valence-corrected chi connectivity index (χ2v) is 4.65. The van der Waals surface area contributed by atoms with Crippen molar-refractivity contribution in [2.75, 3.05) is 5.32 Å². The van der Waals surface area contributed by atoms with E-state index in [2.05, 4.69) is 33.5 Å². The molecule has 0 bridgehead atoms. The molecular formula is C7H4BrF2IN2S. The number of rotatable bonds is 1. The summed E-state index contributed by atoms with van der Waals surface area (Å²) < 4.78 is 26.4. The van der Waals surface area contributed by atoms with Gasteiger partial charge < -0.3 is 11.1 Å². The van der Waals surface area contributed by atoms with E-state index >= 15 is 0 Å². The van der Waals surface area contributed by atoms with Gasteiger partial charge in [0.25, 0.3) is 0 Å². The molecule has 1 rings (SSSR count). The summed E-state index contributed by atoms with van der Waals surface area (Å²) in [6.07, 6.45) is 0. The maximum absolute atomic E-state index is 13.3. The molecule has 0 unspecified atom stereocenters. The molecule has 0 heterocycles. The minimum absolute atomic E-state index is 0.0379. The monoisotopic (exact) mass is 392 g/mol. The highest BCUT2D eigenvalue weighted by Gasteiger charge is 2.14. The summed E-state index contributed by atoms with van der Waals surface area (Å²) in [5.41, 5.74) is 5.41. The van der Waals surface area contributed by atoms with E-state index in [-0.39, 0.29) is 18.8 Å². The van der Waals surface area contributed by atoms with Gasteiger partial charge in [0.1, 0.15) is 5.82 Å². The van der Waals surface area contributed by atoms with Gasteiger partial charge in [0.05, 0.1) is 13.7 Å². The smallest absolute Gasteiger partial charge is 0.168 e. The van der Waals surface area contributed by atoms with E-state index in [0.29, 0.717) is 0 Å². The van der Waals surface area contributed by atoms with Gasteiger partial charge in [-0.25, -0.2) is 8.78 Å². The highest BCUT2D eigenvalue weighted by Crippen LogP contribution is 2.29. The van der Waals surface area contributed by atoms with Crippen molar-refractivity contribution < 1.29 is 8.78 Å². The molecule has 7 heteroatoms. The number of benzene rings is 1. The van der Waals surface area contributed by atoms with Crippen molar-refractivity contribution in [2.45, 2.75) is 0 Å². The van der Waals surface area contributed by atoms with Crippen LogP contribution in [0.4, 0.5) is 14.5 Å². The molecule has 0 aliphatic carbocycles. The molecule has 0 aromatic heterocycles. The van der Waals surface area contributed by atoms with Crippen LogP contribution >= 0.6 is 50.7 Å². The molecule has 1 aromatic carbocycles. The van der Waals surface area contributed by atoms with Crippen LogP contribution in [0.3, 0.4) is 0 Å². The van der Waals surface area contributed by atoms with Crippen LogP contribution in [0.5, 0.6) is 0 Å². The Morgan fingerprint density at radius 3 is 2.64 bits per heavy atom. The van der Waals surface area contributed by atoms with Gasteiger partial charge in [-0.15, -0.1) is 0 Å². The van der Waals surface area contributed by atoms with Crippen molar-refractivity contribution in [3.05, 3.63) is 25.7 Å². The van der Waals surface area contributed by atoms with Crippen molar-refractivity contribution in [2.24, 2.45) is 5.73 Å². The molecule has 3 N–H and O–H groups in total. The molecule has 2 nitrogen and oxygen atoms in total. The zero-order valence-electron chi connectivity index (χ0n) is 6.57. The van der Waals surface area contributed by atoms with Crippen LogP contribution in [0.15, 0.2) is 10.5 Å². The second kappa shape index (κ2) is 4.67. The van der Waals surface area contributed by atoms with Crippen molar-refractivity contribution in [3.63, 3.8) is 0 Å². The Morgan fingerprint density at radius 2 is 2.14 bits per heavy atom. The number of hydrogen-bond acceptors (Lipinski definition) is 1. The number of thiocarbonyl (C=S) groups is 1. The summed E-state index contributed by atoms with van der Waals surface area (Å²) >= 11 is 9.08. The number of nitrogens with one attached hydrogen (secondary N) is 1. The van der Waals surface area contributed by atoms with Gasteiger partial charge in [0.15, 0.2) is 10.9 Å². The predicted octanol–water partition coefficient (Wildman–Crippen LogP) is 2.99. The minimum atomic E-state index is -0.707. The molecule has 76 valence electrons. The van der Waals surface area contributed by atoms with E-state index in [1.165, 1.54) is 0 Å². The quantitative estimate of drug-likeness (QED) is 0.334. The summed E-state index contributed by atoms with van der Waals surface area (Å²) in [6, 6.07) is 1.12. The zero-order valence-corrected chi connectivity index (χ0v) is 11.1. The summed E-state index contributed by atoms with van der Waals surface area (Å²) in [4.78, 5) is 0. The lowest BCUT2D eigenvalue weighted by molar-refractivity contribution is 0.568. The van der Waals surface area contributed by atoms with Gasteiger partial charge in [0, 0.05) is 0 Å². The summed E-state index contributed by atoms with van der Waals surface area (Å²) in [5, 5.41) is 2.44. The van der Waals surface area contributed by atoms with Crippen molar-refractivity contribution >= 4 is 61.5 Å². The van der Waals surface area contributed by atoms with Crippen LogP contribution < -0.4 is 11.1 Å². The summed E-state index contributed by atoms with van der Waals surface area (Å²) in [7, 11) is 0. The first kappa shape index (κ1) is 12.1. The van der Waals surface area contributed by atoms with Crippen LogP contribution in [-0.2, 0) is 0 Å². The average Bonchev–Trinajstić information content (AvgIpc) is 2.10. The Balaban J connectivity index is 3.25. The molecule has 0 spiro atoms. The molecule has 1 aromatic rings. The standard InChI is InChI=1S/C7H4BrF2IN2S/c8-4-2(9)1-3(13-7(12)14)6(11)5(4)10/h1H,(H3,12,13,14). The molecule has 0 aliphatic heterocycles. The van der Waals surface area contributed by atoms with Gasteiger partial charge in [-0.05, 0) is 56.8 Å². The molecule has 0 atom stereocenters.